The Kier molecular flexibility index (Phi) is 4.91. The molecule has 0 spiro atoms. The van der Waals surface area contributed by atoms with Crippen LogP contribution in [-0.2, 0) is 0 Å². The molecule has 18 heavy (non-hydrogen) atoms. The number of benzene rings is 1. The van der Waals surface area contributed by atoms with Crippen LogP contribution in [0, 0.1) is 17.2 Å². The molecular weight excluding hydrogens is 224 g/mol. The van der Waals surface area contributed by atoms with Crippen molar-refractivity contribution in [2.75, 3.05) is 6.54 Å². The first-order valence-electron chi connectivity index (χ1n) is 6.26. The smallest absolute Gasteiger partial charge is 0.254 e. The van der Waals surface area contributed by atoms with Crippen LogP contribution in [0.2, 0.25) is 0 Å². The van der Waals surface area contributed by atoms with Crippen molar-refractivity contribution in [3.8, 4) is 6.07 Å². The highest BCUT2D eigenvalue weighted by molar-refractivity contribution is 5.94. The number of nitriles is 1. The fourth-order valence-electron chi connectivity index (χ4n) is 1.81. The second-order valence-corrected chi connectivity index (χ2v) is 5.14. The Morgan fingerprint density at radius 2 is 2.00 bits per heavy atom. The van der Waals surface area contributed by atoms with Crippen molar-refractivity contribution < 1.29 is 4.79 Å². The van der Waals surface area contributed by atoms with Gasteiger partial charge in [-0.15, -0.1) is 0 Å². The second kappa shape index (κ2) is 6.20. The fraction of sp³-hybridized carbons (Fsp3) is 0.467. The highest BCUT2D eigenvalue weighted by atomic mass is 16.2. The lowest BCUT2D eigenvalue weighted by Crippen LogP contribution is -2.39. The summed E-state index contributed by atoms with van der Waals surface area (Å²) in [6.07, 6.45) is 0. The van der Waals surface area contributed by atoms with Gasteiger partial charge in [-0.3, -0.25) is 4.79 Å². The van der Waals surface area contributed by atoms with Gasteiger partial charge in [0.15, 0.2) is 0 Å². The summed E-state index contributed by atoms with van der Waals surface area (Å²) in [6.45, 7) is 8.93. The maximum atomic E-state index is 12.4. The van der Waals surface area contributed by atoms with Gasteiger partial charge >= 0.3 is 0 Å². The fourth-order valence-corrected chi connectivity index (χ4v) is 1.81. The van der Waals surface area contributed by atoms with E-state index in [1.807, 2.05) is 18.7 Å². The summed E-state index contributed by atoms with van der Waals surface area (Å²) in [5.74, 6) is 0.422. The maximum absolute atomic E-state index is 12.4. The Bertz CT molecular complexity index is 458. The number of hydrogen-bond acceptors (Lipinski definition) is 2. The average molecular weight is 244 g/mol. The predicted molar refractivity (Wildman–Crippen MR) is 72.2 cm³/mol. The van der Waals surface area contributed by atoms with E-state index in [1.54, 1.807) is 24.3 Å². The molecule has 0 unspecified atom stereocenters. The summed E-state index contributed by atoms with van der Waals surface area (Å²) >= 11 is 0. The van der Waals surface area contributed by atoms with Gasteiger partial charge in [0, 0.05) is 18.2 Å². The van der Waals surface area contributed by atoms with E-state index >= 15 is 0 Å². The molecule has 0 N–H and O–H groups in total. The molecule has 3 heteroatoms. The molecule has 3 nitrogen and oxygen atoms in total. The van der Waals surface area contributed by atoms with Crippen LogP contribution in [0.4, 0.5) is 0 Å². The van der Waals surface area contributed by atoms with E-state index in [9.17, 15) is 4.79 Å². The third kappa shape index (κ3) is 3.59. The van der Waals surface area contributed by atoms with Crippen LogP contribution in [0.1, 0.15) is 43.6 Å². The van der Waals surface area contributed by atoms with Crippen molar-refractivity contribution in [3.05, 3.63) is 35.4 Å². The van der Waals surface area contributed by atoms with Crippen molar-refractivity contribution in [2.24, 2.45) is 5.92 Å². The molecule has 0 atom stereocenters. The largest absolute Gasteiger partial charge is 0.336 e. The Labute approximate surface area is 109 Å². The van der Waals surface area contributed by atoms with Gasteiger partial charge in [0.25, 0.3) is 5.91 Å². The molecule has 0 heterocycles. The number of carbonyl (C=O) groups is 1. The van der Waals surface area contributed by atoms with Gasteiger partial charge in [-0.2, -0.15) is 5.26 Å². The summed E-state index contributed by atoms with van der Waals surface area (Å²) in [5.41, 5.74) is 1.11. The van der Waals surface area contributed by atoms with Gasteiger partial charge in [0.1, 0.15) is 0 Å². The van der Waals surface area contributed by atoms with Gasteiger partial charge in [-0.1, -0.05) is 19.9 Å². The Hall–Kier alpha value is -1.82. The molecule has 0 bridgehead atoms. The highest BCUT2D eigenvalue weighted by Gasteiger charge is 2.19. The van der Waals surface area contributed by atoms with Crippen molar-refractivity contribution in [1.82, 2.24) is 4.90 Å². The number of rotatable bonds is 4. The summed E-state index contributed by atoms with van der Waals surface area (Å²) in [7, 11) is 0. The second-order valence-electron chi connectivity index (χ2n) is 5.14. The van der Waals surface area contributed by atoms with Gasteiger partial charge in [-0.25, -0.2) is 0 Å². The van der Waals surface area contributed by atoms with Crippen LogP contribution in [-0.4, -0.2) is 23.4 Å². The third-order valence-electron chi connectivity index (χ3n) is 2.68. The predicted octanol–water partition coefficient (Wildman–Crippen LogP) is 3.06. The summed E-state index contributed by atoms with van der Waals surface area (Å²) in [5, 5.41) is 8.86. The minimum Gasteiger partial charge on any atom is -0.336 e. The third-order valence-corrected chi connectivity index (χ3v) is 2.68. The zero-order valence-electron chi connectivity index (χ0n) is 11.5. The Morgan fingerprint density at radius 3 is 2.50 bits per heavy atom. The normalized spacial score (nSPS) is 10.5. The molecule has 0 fully saturated rings. The van der Waals surface area contributed by atoms with Crippen LogP contribution in [0.15, 0.2) is 24.3 Å². The van der Waals surface area contributed by atoms with E-state index in [0.717, 1.165) is 6.54 Å². The highest BCUT2D eigenvalue weighted by Crippen LogP contribution is 2.12. The molecule has 1 aromatic rings. The van der Waals surface area contributed by atoms with Gasteiger partial charge in [-0.05, 0) is 38.0 Å². The quantitative estimate of drug-likeness (QED) is 0.817. The lowest BCUT2D eigenvalue weighted by molar-refractivity contribution is 0.0682. The van der Waals surface area contributed by atoms with E-state index in [4.69, 9.17) is 5.26 Å². The maximum Gasteiger partial charge on any atom is 0.254 e. The van der Waals surface area contributed by atoms with E-state index < -0.39 is 0 Å². The van der Waals surface area contributed by atoms with E-state index in [2.05, 4.69) is 19.9 Å². The molecule has 0 radical (unpaired) electrons. The van der Waals surface area contributed by atoms with Crippen LogP contribution < -0.4 is 0 Å². The first-order valence-corrected chi connectivity index (χ1v) is 6.26. The molecule has 0 aliphatic heterocycles. The molecule has 0 saturated carbocycles. The number of carbonyl (C=O) groups excluding carboxylic acids is 1. The molecule has 96 valence electrons. The van der Waals surface area contributed by atoms with Crippen LogP contribution >= 0.6 is 0 Å². The lowest BCUT2D eigenvalue weighted by Gasteiger charge is -2.28. The zero-order valence-corrected chi connectivity index (χ0v) is 11.5. The van der Waals surface area contributed by atoms with Crippen molar-refractivity contribution in [3.63, 3.8) is 0 Å². The topological polar surface area (TPSA) is 44.1 Å². The number of nitrogens with zero attached hydrogens (tertiary/aromatic N) is 2. The molecule has 0 aliphatic rings. The molecule has 1 rings (SSSR count). The molecule has 0 aliphatic carbocycles. The average Bonchev–Trinajstić information content (AvgIpc) is 2.34. The standard InChI is InChI=1S/C15H20N2O/c1-11(2)10-17(12(3)4)15(18)14-7-5-6-13(8-14)9-16/h5-8,11-12H,10H2,1-4H3. The van der Waals surface area contributed by atoms with Gasteiger partial charge in [0.05, 0.1) is 11.6 Å². The van der Waals surface area contributed by atoms with E-state index in [0.29, 0.717) is 17.0 Å². The zero-order chi connectivity index (χ0) is 13.7. The van der Waals surface area contributed by atoms with Crippen LogP contribution in [0.5, 0.6) is 0 Å². The minimum absolute atomic E-state index is 0.00389. The van der Waals surface area contributed by atoms with E-state index in [1.165, 1.54) is 0 Å². The lowest BCUT2D eigenvalue weighted by atomic mass is 10.1. The number of amides is 1. The molecule has 1 amide bonds. The van der Waals surface area contributed by atoms with E-state index in [-0.39, 0.29) is 11.9 Å². The molecular formula is C15H20N2O. The van der Waals surface area contributed by atoms with Crippen LogP contribution in [0.25, 0.3) is 0 Å². The van der Waals surface area contributed by atoms with Crippen molar-refractivity contribution >= 4 is 5.91 Å². The van der Waals surface area contributed by atoms with Crippen LogP contribution in [0.3, 0.4) is 0 Å². The first-order chi connectivity index (χ1) is 8.45. The molecule has 1 aromatic carbocycles. The molecule has 0 aromatic heterocycles. The monoisotopic (exact) mass is 244 g/mol. The first kappa shape index (κ1) is 14.2. The Balaban J connectivity index is 2.98. The Morgan fingerprint density at radius 1 is 1.33 bits per heavy atom. The summed E-state index contributed by atoms with van der Waals surface area (Å²) in [6, 6.07) is 9.09. The summed E-state index contributed by atoms with van der Waals surface area (Å²) < 4.78 is 0. The van der Waals surface area contributed by atoms with Crippen molar-refractivity contribution in [2.45, 2.75) is 33.7 Å². The number of hydrogen-bond donors (Lipinski definition) is 0. The summed E-state index contributed by atoms with van der Waals surface area (Å²) in [4.78, 5) is 14.3. The molecule has 0 saturated heterocycles. The van der Waals surface area contributed by atoms with Gasteiger partial charge < -0.3 is 4.90 Å². The van der Waals surface area contributed by atoms with Crippen molar-refractivity contribution in [1.29, 1.82) is 5.26 Å². The van der Waals surface area contributed by atoms with Gasteiger partial charge in [0.2, 0.25) is 0 Å². The SMILES string of the molecule is CC(C)CN(C(=O)c1cccc(C#N)c1)C(C)C. The minimum atomic E-state index is -0.00389.